The van der Waals surface area contributed by atoms with E-state index >= 15 is 0 Å². The van der Waals surface area contributed by atoms with Gasteiger partial charge in [-0.3, -0.25) is 4.79 Å². The lowest BCUT2D eigenvalue weighted by atomic mass is 9.87. The number of hydrogen-bond acceptors (Lipinski definition) is 3. The summed E-state index contributed by atoms with van der Waals surface area (Å²) in [6.45, 7) is 12.5. The lowest BCUT2D eigenvalue weighted by Gasteiger charge is -2.24. The first-order chi connectivity index (χ1) is 7.19. The molecule has 0 saturated carbocycles. The second kappa shape index (κ2) is 5.68. The SMILES string of the molecule is C=C(C)N(OC(=O)CC(C)(C)CC)C(C)=O. The van der Waals surface area contributed by atoms with Crippen LogP contribution in [0, 0.1) is 5.41 Å². The van der Waals surface area contributed by atoms with Crippen molar-refractivity contribution in [2.24, 2.45) is 5.41 Å². The van der Waals surface area contributed by atoms with E-state index in [1.807, 2.05) is 20.8 Å². The van der Waals surface area contributed by atoms with Crippen LogP contribution in [0.25, 0.3) is 0 Å². The molecule has 0 aromatic rings. The van der Waals surface area contributed by atoms with Crippen molar-refractivity contribution in [1.82, 2.24) is 5.06 Å². The molecule has 92 valence electrons. The molecule has 16 heavy (non-hydrogen) atoms. The molecular weight excluding hydrogens is 206 g/mol. The lowest BCUT2D eigenvalue weighted by Crippen LogP contribution is -2.31. The summed E-state index contributed by atoms with van der Waals surface area (Å²) in [6.07, 6.45) is 1.15. The van der Waals surface area contributed by atoms with E-state index < -0.39 is 5.97 Å². The number of amides is 1. The van der Waals surface area contributed by atoms with Gasteiger partial charge >= 0.3 is 5.97 Å². The average molecular weight is 227 g/mol. The summed E-state index contributed by atoms with van der Waals surface area (Å²) in [4.78, 5) is 27.7. The van der Waals surface area contributed by atoms with Crippen molar-refractivity contribution in [3.63, 3.8) is 0 Å². The van der Waals surface area contributed by atoms with Crippen molar-refractivity contribution in [1.29, 1.82) is 0 Å². The summed E-state index contributed by atoms with van der Waals surface area (Å²) >= 11 is 0. The number of allylic oxidation sites excluding steroid dienone is 1. The number of carbonyl (C=O) groups excluding carboxylic acids is 2. The molecule has 0 aromatic carbocycles. The van der Waals surface area contributed by atoms with Gasteiger partial charge in [-0.05, 0) is 12.3 Å². The zero-order valence-corrected chi connectivity index (χ0v) is 10.8. The van der Waals surface area contributed by atoms with Crippen LogP contribution >= 0.6 is 0 Å². The van der Waals surface area contributed by atoms with E-state index in [0.717, 1.165) is 11.5 Å². The van der Waals surface area contributed by atoms with Crippen LogP contribution in [0.1, 0.15) is 47.5 Å². The molecular formula is C12H21NO3. The largest absolute Gasteiger partial charge is 0.334 e. The van der Waals surface area contributed by atoms with Crippen LogP contribution in [-0.4, -0.2) is 16.9 Å². The number of nitrogens with zero attached hydrogens (tertiary/aromatic N) is 1. The van der Waals surface area contributed by atoms with Crippen LogP contribution in [0.5, 0.6) is 0 Å². The second-order valence-electron chi connectivity index (χ2n) is 4.71. The third-order valence-electron chi connectivity index (χ3n) is 2.41. The van der Waals surface area contributed by atoms with Crippen molar-refractivity contribution in [2.45, 2.75) is 47.5 Å². The highest BCUT2D eigenvalue weighted by Crippen LogP contribution is 2.25. The van der Waals surface area contributed by atoms with E-state index in [0.29, 0.717) is 5.70 Å². The molecule has 0 atom stereocenters. The number of hydrogen-bond donors (Lipinski definition) is 0. The number of carbonyl (C=O) groups is 2. The molecule has 0 aliphatic carbocycles. The maximum Gasteiger partial charge on any atom is 0.333 e. The Hall–Kier alpha value is -1.32. The Labute approximate surface area is 97.2 Å². The highest BCUT2D eigenvalue weighted by Gasteiger charge is 2.24. The van der Waals surface area contributed by atoms with Crippen molar-refractivity contribution in [2.75, 3.05) is 0 Å². The minimum atomic E-state index is -0.412. The zero-order valence-electron chi connectivity index (χ0n) is 10.8. The zero-order chi connectivity index (χ0) is 12.9. The van der Waals surface area contributed by atoms with E-state index in [1.54, 1.807) is 6.92 Å². The highest BCUT2D eigenvalue weighted by molar-refractivity contribution is 5.77. The summed E-state index contributed by atoms with van der Waals surface area (Å²) in [5, 5.41) is 0.925. The quantitative estimate of drug-likeness (QED) is 0.694. The summed E-state index contributed by atoms with van der Waals surface area (Å²) in [6, 6.07) is 0. The van der Waals surface area contributed by atoms with Gasteiger partial charge in [0.15, 0.2) is 0 Å². The topological polar surface area (TPSA) is 46.6 Å². The van der Waals surface area contributed by atoms with Gasteiger partial charge in [-0.25, -0.2) is 4.79 Å². The van der Waals surface area contributed by atoms with Crippen LogP contribution in [0.15, 0.2) is 12.3 Å². The molecule has 0 N–H and O–H groups in total. The maximum absolute atomic E-state index is 11.6. The van der Waals surface area contributed by atoms with Crippen molar-refractivity contribution in [3.05, 3.63) is 12.3 Å². The Balaban J connectivity index is 4.43. The van der Waals surface area contributed by atoms with E-state index in [1.165, 1.54) is 6.92 Å². The highest BCUT2D eigenvalue weighted by atomic mass is 16.7. The van der Waals surface area contributed by atoms with Crippen molar-refractivity contribution in [3.8, 4) is 0 Å². The van der Waals surface area contributed by atoms with Gasteiger partial charge in [-0.2, -0.15) is 0 Å². The summed E-state index contributed by atoms with van der Waals surface area (Å²) in [5.41, 5.74) is 0.282. The Bertz CT molecular complexity index is 281. The van der Waals surface area contributed by atoms with Crippen LogP contribution in [0.4, 0.5) is 0 Å². The van der Waals surface area contributed by atoms with Gasteiger partial charge in [-0.15, -0.1) is 5.06 Å². The first kappa shape index (κ1) is 14.7. The van der Waals surface area contributed by atoms with Crippen molar-refractivity contribution < 1.29 is 14.4 Å². The molecule has 0 unspecified atom stereocenters. The van der Waals surface area contributed by atoms with E-state index in [2.05, 4.69) is 6.58 Å². The molecule has 4 nitrogen and oxygen atoms in total. The van der Waals surface area contributed by atoms with Gasteiger partial charge < -0.3 is 4.84 Å². The third kappa shape index (κ3) is 4.96. The third-order valence-corrected chi connectivity index (χ3v) is 2.41. The maximum atomic E-state index is 11.6. The van der Waals surface area contributed by atoms with Crippen molar-refractivity contribution >= 4 is 11.9 Å². The first-order valence-electron chi connectivity index (χ1n) is 5.36. The first-order valence-corrected chi connectivity index (χ1v) is 5.36. The predicted octanol–water partition coefficient (Wildman–Crippen LogP) is 2.65. The molecule has 0 fully saturated rings. The molecule has 0 heterocycles. The van der Waals surface area contributed by atoms with Gasteiger partial charge in [0.1, 0.15) is 0 Å². The minimum Gasteiger partial charge on any atom is -0.334 e. The van der Waals surface area contributed by atoms with E-state index in [-0.39, 0.29) is 17.7 Å². The molecule has 0 spiro atoms. The van der Waals surface area contributed by atoms with Crippen LogP contribution in [0.3, 0.4) is 0 Å². The molecule has 0 rings (SSSR count). The van der Waals surface area contributed by atoms with Gasteiger partial charge in [0, 0.05) is 6.92 Å². The smallest absolute Gasteiger partial charge is 0.333 e. The van der Waals surface area contributed by atoms with Crippen LogP contribution in [0.2, 0.25) is 0 Å². The van der Waals surface area contributed by atoms with E-state index in [9.17, 15) is 9.59 Å². The molecule has 1 amide bonds. The molecule has 0 bridgehead atoms. The molecule has 4 heteroatoms. The number of hydroxylamine groups is 2. The number of rotatable bonds is 4. The van der Waals surface area contributed by atoms with Gasteiger partial charge in [0.25, 0.3) is 5.91 Å². The monoisotopic (exact) mass is 227 g/mol. The Kier molecular flexibility index (Phi) is 5.21. The molecule has 0 saturated heterocycles. The molecule has 0 radical (unpaired) electrons. The fraction of sp³-hybridized carbons (Fsp3) is 0.667. The van der Waals surface area contributed by atoms with Crippen LogP contribution < -0.4 is 0 Å². The predicted molar refractivity (Wildman–Crippen MR) is 62.1 cm³/mol. The molecule has 0 aliphatic rings. The standard InChI is InChI=1S/C12H21NO3/c1-7-12(5,6)8-11(15)16-13(9(2)3)10(4)14/h2,7-8H2,1,3-6H3. The second-order valence-corrected chi connectivity index (χ2v) is 4.71. The van der Waals surface area contributed by atoms with E-state index in [4.69, 9.17) is 4.84 Å². The van der Waals surface area contributed by atoms with Gasteiger partial charge in [0.2, 0.25) is 0 Å². The fourth-order valence-electron chi connectivity index (χ4n) is 1.06. The molecule has 0 aliphatic heterocycles. The fourth-order valence-corrected chi connectivity index (χ4v) is 1.06. The normalized spacial score (nSPS) is 10.8. The lowest BCUT2D eigenvalue weighted by molar-refractivity contribution is -0.190. The summed E-state index contributed by atoms with van der Waals surface area (Å²) in [5.74, 6) is -0.764. The summed E-state index contributed by atoms with van der Waals surface area (Å²) in [7, 11) is 0. The summed E-state index contributed by atoms with van der Waals surface area (Å²) < 4.78 is 0. The molecule has 0 aromatic heterocycles. The minimum absolute atomic E-state index is 0.116. The Morgan fingerprint density at radius 3 is 2.12 bits per heavy atom. The average Bonchev–Trinajstić information content (AvgIpc) is 2.12. The van der Waals surface area contributed by atoms with Gasteiger partial charge in [-0.1, -0.05) is 33.8 Å². The Morgan fingerprint density at radius 2 is 1.81 bits per heavy atom. The van der Waals surface area contributed by atoms with Gasteiger partial charge in [0.05, 0.1) is 12.1 Å². The van der Waals surface area contributed by atoms with Crippen LogP contribution in [-0.2, 0) is 14.4 Å². The Morgan fingerprint density at radius 1 is 1.31 bits per heavy atom.